The molecule has 11 heteroatoms. The van der Waals surface area contributed by atoms with E-state index < -0.39 is 34.8 Å². The number of ketones is 1. The number of rotatable bonds is 14. The average molecular weight is 599 g/mol. The molecule has 0 fully saturated rings. The first kappa shape index (κ1) is 31.6. The van der Waals surface area contributed by atoms with E-state index in [4.69, 9.17) is 9.47 Å². The second-order valence-electron chi connectivity index (χ2n) is 10.1. The van der Waals surface area contributed by atoms with Crippen LogP contribution in [0.1, 0.15) is 54.6 Å². The molecule has 0 aliphatic heterocycles. The Morgan fingerprint density at radius 3 is 2.39 bits per heavy atom. The summed E-state index contributed by atoms with van der Waals surface area (Å²) >= 11 is 0. The van der Waals surface area contributed by atoms with Crippen molar-refractivity contribution in [3.8, 4) is 17.3 Å². The van der Waals surface area contributed by atoms with Gasteiger partial charge in [0, 0.05) is 36.5 Å². The van der Waals surface area contributed by atoms with Crippen LogP contribution in [0.2, 0.25) is 0 Å². The van der Waals surface area contributed by atoms with Crippen LogP contribution >= 0.6 is 0 Å². The van der Waals surface area contributed by atoms with Crippen molar-refractivity contribution in [1.82, 2.24) is 19.9 Å². The molecule has 0 aliphatic carbocycles. The van der Waals surface area contributed by atoms with Gasteiger partial charge in [-0.25, -0.2) is 4.98 Å². The lowest BCUT2D eigenvalue weighted by atomic mass is 10.0. The van der Waals surface area contributed by atoms with Gasteiger partial charge in [-0.15, -0.1) is 0 Å². The zero-order valence-corrected chi connectivity index (χ0v) is 24.6. The normalized spacial score (nSPS) is 11.4. The quantitative estimate of drug-likeness (QED) is 0.165. The number of hydrogen-bond acceptors (Lipinski definition) is 8. The molecule has 0 bridgehead atoms. The molecule has 44 heavy (non-hydrogen) atoms. The predicted octanol–water partition coefficient (Wildman–Crippen LogP) is 3.65. The third-order valence-corrected chi connectivity index (χ3v) is 6.76. The Balaban J connectivity index is 1.55. The first-order valence-electron chi connectivity index (χ1n) is 14.3. The van der Waals surface area contributed by atoms with Crippen LogP contribution < -0.4 is 21.0 Å². The fourth-order valence-electron chi connectivity index (χ4n) is 4.51. The summed E-state index contributed by atoms with van der Waals surface area (Å²) in [6.45, 7) is 2.66. The number of pyridine rings is 1. The third kappa shape index (κ3) is 8.15. The van der Waals surface area contributed by atoms with Crippen molar-refractivity contribution in [3.05, 3.63) is 116 Å². The number of carbonyl (C=O) groups is 3. The van der Waals surface area contributed by atoms with Crippen molar-refractivity contribution < 1.29 is 23.9 Å². The van der Waals surface area contributed by atoms with Crippen molar-refractivity contribution in [1.29, 1.82) is 0 Å². The minimum absolute atomic E-state index is 0.0201. The van der Waals surface area contributed by atoms with Crippen LogP contribution in [0.4, 0.5) is 0 Å². The Bertz CT molecular complexity index is 1720. The van der Waals surface area contributed by atoms with E-state index in [1.807, 2.05) is 13.0 Å². The number of unbranched alkanes of at least 4 members (excludes halogenated alkanes) is 1. The summed E-state index contributed by atoms with van der Waals surface area (Å²) in [5.74, 6) is -1.21. The van der Waals surface area contributed by atoms with Crippen LogP contribution in [0, 0.1) is 0 Å². The Labute approximate surface area is 253 Å². The van der Waals surface area contributed by atoms with Crippen LogP contribution in [0.3, 0.4) is 0 Å². The number of benzene rings is 2. The van der Waals surface area contributed by atoms with E-state index in [2.05, 4.69) is 15.3 Å². The predicted molar refractivity (Wildman–Crippen MR) is 163 cm³/mol. The molecular formula is C33H34N4O7. The molecular weight excluding hydrogens is 564 g/mol. The molecule has 0 spiro atoms. The molecule has 1 atom stereocenters. The highest BCUT2D eigenvalue weighted by Gasteiger charge is 2.23. The van der Waals surface area contributed by atoms with Gasteiger partial charge in [0.1, 0.15) is 30.6 Å². The van der Waals surface area contributed by atoms with Crippen LogP contribution in [0.15, 0.2) is 88.7 Å². The SMILES string of the molecule is CCCCC(CNC(=O)Cn1c(-c2ccccc2)ncc(COC(C)=O)c1=O)Oc1[nH]ccc(=O)c1C(=O)c1ccccc1. The van der Waals surface area contributed by atoms with E-state index in [1.165, 1.54) is 30.0 Å². The summed E-state index contributed by atoms with van der Waals surface area (Å²) in [7, 11) is 0. The van der Waals surface area contributed by atoms with Gasteiger partial charge in [-0.05, 0) is 12.8 Å². The van der Waals surface area contributed by atoms with Gasteiger partial charge in [0.25, 0.3) is 5.56 Å². The summed E-state index contributed by atoms with van der Waals surface area (Å²) in [6, 6.07) is 18.6. The number of ether oxygens (including phenoxy) is 2. The molecule has 0 saturated heterocycles. The van der Waals surface area contributed by atoms with E-state index in [0.29, 0.717) is 17.5 Å². The Kier molecular flexibility index (Phi) is 10.9. The molecule has 2 heterocycles. The van der Waals surface area contributed by atoms with Crippen LogP contribution in [0.5, 0.6) is 5.88 Å². The smallest absolute Gasteiger partial charge is 0.302 e. The highest BCUT2D eigenvalue weighted by Crippen LogP contribution is 2.19. The summed E-state index contributed by atoms with van der Waals surface area (Å²) in [4.78, 5) is 71.1. The fourth-order valence-corrected chi connectivity index (χ4v) is 4.51. The number of nitrogens with one attached hydrogen (secondary N) is 2. The number of H-pyrrole nitrogens is 1. The number of carbonyl (C=O) groups excluding carboxylic acids is 3. The lowest BCUT2D eigenvalue weighted by Gasteiger charge is -2.21. The molecule has 2 aromatic heterocycles. The van der Waals surface area contributed by atoms with Crippen molar-refractivity contribution >= 4 is 17.7 Å². The maximum atomic E-state index is 13.3. The van der Waals surface area contributed by atoms with Crippen LogP contribution in [-0.2, 0) is 27.5 Å². The van der Waals surface area contributed by atoms with Gasteiger partial charge in [0.05, 0.1) is 12.1 Å². The summed E-state index contributed by atoms with van der Waals surface area (Å²) in [5.41, 5.74) is -0.0255. The molecule has 11 nitrogen and oxygen atoms in total. The van der Waals surface area contributed by atoms with Gasteiger partial charge in [0.15, 0.2) is 5.43 Å². The van der Waals surface area contributed by atoms with E-state index in [1.54, 1.807) is 54.6 Å². The number of esters is 1. The van der Waals surface area contributed by atoms with E-state index >= 15 is 0 Å². The maximum absolute atomic E-state index is 13.3. The fraction of sp³-hybridized carbons (Fsp3) is 0.273. The largest absolute Gasteiger partial charge is 0.473 e. The van der Waals surface area contributed by atoms with Crippen molar-refractivity contribution in [2.75, 3.05) is 6.54 Å². The maximum Gasteiger partial charge on any atom is 0.302 e. The summed E-state index contributed by atoms with van der Waals surface area (Å²) in [6.07, 6.45) is 4.30. The molecule has 0 aliphatic rings. The van der Waals surface area contributed by atoms with Gasteiger partial charge in [-0.3, -0.25) is 28.5 Å². The first-order chi connectivity index (χ1) is 21.3. The lowest BCUT2D eigenvalue weighted by Crippen LogP contribution is -2.40. The van der Waals surface area contributed by atoms with Gasteiger partial charge in [-0.2, -0.15) is 0 Å². The zero-order chi connectivity index (χ0) is 31.5. The Hall–Kier alpha value is -5.32. The number of aromatic amines is 1. The minimum atomic E-state index is -0.585. The zero-order valence-electron chi connectivity index (χ0n) is 24.6. The monoisotopic (exact) mass is 598 g/mol. The number of aromatic nitrogens is 3. The van der Waals surface area contributed by atoms with Crippen LogP contribution in [0.25, 0.3) is 11.4 Å². The lowest BCUT2D eigenvalue weighted by molar-refractivity contribution is -0.142. The Morgan fingerprint density at radius 2 is 1.70 bits per heavy atom. The molecule has 2 N–H and O–H groups in total. The topological polar surface area (TPSA) is 149 Å². The van der Waals surface area contributed by atoms with Crippen molar-refractivity contribution in [2.24, 2.45) is 0 Å². The highest BCUT2D eigenvalue weighted by atomic mass is 16.5. The van der Waals surface area contributed by atoms with E-state index in [9.17, 15) is 24.0 Å². The minimum Gasteiger partial charge on any atom is -0.473 e. The van der Waals surface area contributed by atoms with E-state index in [-0.39, 0.29) is 42.5 Å². The van der Waals surface area contributed by atoms with Gasteiger partial charge in [-0.1, -0.05) is 74.0 Å². The molecule has 2 aromatic carbocycles. The van der Waals surface area contributed by atoms with Gasteiger partial charge in [0.2, 0.25) is 17.6 Å². The van der Waals surface area contributed by atoms with Gasteiger partial charge < -0.3 is 19.8 Å². The van der Waals surface area contributed by atoms with Crippen molar-refractivity contribution in [3.63, 3.8) is 0 Å². The summed E-state index contributed by atoms with van der Waals surface area (Å²) < 4.78 is 12.4. The first-order valence-corrected chi connectivity index (χ1v) is 14.3. The molecule has 228 valence electrons. The standard InChI is InChI=1S/C33H34N4O7/c1-3-4-15-26(44-32-29(27(39)16-17-34-32)30(41)23-11-7-5-8-12-23)19-35-28(40)20-37-31(24-13-9-6-10-14-24)36-18-25(33(37)42)21-43-22(2)38/h5-14,16-18,26H,3-4,15,19-21H2,1-2H3,(H,34,39)(H,35,40). The van der Waals surface area contributed by atoms with Crippen LogP contribution in [-0.4, -0.2) is 44.8 Å². The number of hydrogen-bond donors (Lipinski definition) is 2. The molecule has 0 saturated carbocycles. The number of amides is 1. The Morgan fingerprint density at radius 1 is 1.00 bits per heavy atom. The molecule has 4 aromatic rings. The number of nitrogens with zero attached hydrogens (tertiary/aromatic N) is 2. The highest BCUT2D eigenvalue weighted by molar-refractivity contribution is 6.10. The third-order valence-electron chi connectivity index (χ3n) is 6.76. The second kappa shape index (κ2) is 15.2. The van der Waals surface area contributed by atoms with Gasteiger partial charge >= 0.3 is 5.97 Å². The second-order valence-corrected chi connectivity index (χ2v) is 10.1. The van der Waals surface area contributed by atoms with Crippen molar-refractivity contribution in [2.45, 2.75) is 52.4 Å². The molecule has 1 amide bonds. The van der Waals surface area contributed by atoms with E-state index in [0.717, 1.165) is 12.8 Å². The molecule has 4 rings (SSSR count). The molecule has 1 unspecified atom stereocenters. The summed E-state index contributed by atoms with van der Waals surface area (Å²) in [5, 5.41) is 2.82. The average Bonchev–Trinajstić information content (AvgIpc) is 3.03. The molecule has 0 radical (unpaired) electrons.